The van der Waals surface area contributed by atoms with Crippen LogP contribution >= 0.6 is 12.4 Å². The van der Waals surface area contributed by atoms with Crippen molar-refractivity contribution in [3.05, 3.63) is 29.6 Å². The maximum Gasteiger partial charge on any atom is 0.228 e. The SMILES string of the molecule is CNCC(C)C(=O)Nc1cc(F)c(F)c(F)c1.Cl. The molecule has 0 radical (unpaired) electrons. The normalized spacial score (nSPS) is 11.6. The molecule has 1 atom stereocenters. The van der Waals surface area contributed by atoms with E-state index < -0.39 is 23.4 Å². The number of carbonyl (C=O) groups excluding carboxylic acids is 1. The second-order valence-electron chi connectivity index (χ2n) is 3.70. The van der Waals surface area contributed by atoms with Gasteiger partial charge in [0.25, 0.3) is 0 Å². The van der Waals surface area contributed by atoms with E-state index in [0.717, 1.165) is 12.1 Å². The van der Waals surface area contributed by atoms with Gasteiger partial charge in [0, 0.05) is 30.3 Å². The van der Waals surface area contributed by atoms with Crippen molar-refractivity contribution in [1.82, 2.24) is 5.32 Å². The van der Waals surface area contributed by atoms with Crippen molar-refractivity contribution >= 4 is 24.0 Å². The zero-order valence-electron chi connectivity index (χ0n) is 9.89. The third-order valence-corrected chi connectivity index (χ3v) is 2.21. The van der Waals surface area contributed by atoms with E-state index in [-0.39, 0.29) is 24.0 Å². The number of halogens is 4. The first kappa shape index (κ1) is 16.7. The highest BCUT2D eigenvalue weighted by Crippen LogP contribution is 2.17. The van der Waals surface area contributed by atoms with Crippen molar-refractivity contribution in [2.75, 3.05) is 18.9 Å². The van der Waals surface area contributed by atoms with Crippen molar-refractivity contribution in [3.63, 3.8) is 0 Å². The molecule has 3 nitrogen and oxygen atoms in total. The molecule has 1 amide bonds. The van der Waals surface area contributed by atoms with E-state index in [1.165, 1.54) is 0 Å². The molecule has 1 unspecified atom stereocenters. The minimum atomic E-state index is -1.55. The first-order valence-corrected chi connectivity index (χ1v) is 5.05. The molecule has 0 aliphatic carbocycles. The maximum absolute atomic E-state index is 12.9. The number of nitrogens with one attached hydrogen (secondary N) is 2. The van der Waals surface area contributed by atoms with Gasteiger partial charge in [-0.1, -0.05) is 6.92 Å². The second-order valence-corrected chi connectivity index (χ2v) is 3.70. The van der Waals surface area contributed by atoms with Crippen molar-refractivity contribution in [2.24, 2.45) is 5.92 Å². The van der Waals surface area contributed by atoms with Gasteiger partial charge in [-0.05, 0) is 7.05 Å². The number of hydrogen-bond acceptors (Lipinski definition) is 2. The average molecular weight is 283 g/mol. The van der Waals surface area contributed by atoms with Crippen LogP contribution in [-0.4, -0.2) is 19.5 Å². The van der Waals surface area contributed by atoms with E-state index in [1.807, 2.05) is 0 Å². The van der Waals surface area contributed by atoms with E-state index >= 15 is 0 Å². The fraction of sp³-hybridized carbons (Fsp3) is 0.364. The largest absolute Gasteiger partial charge is 0.326 e. The van der Waals surface area contributed by atoms with E-state index in [4.69, 9.17) is 0 Å². The number of anilines is 1. The third-order valence-electron chi connectivity index (χ3n) is 2.21. The fourth-order valence-electron chi connectivity index (χ4n) is 1.29. The van der Waals surface area contributed by atoms with Crippen molar-refractivity contribution < 1.29 is 18.0 Å². The quantitative estimate of drug-likeness (QED) is 0.832. The first-order chi connectivity index (χ1) is 7.95. The summed E-state index contributed by atoms with van der Waals surface area (Å²) in [5.74, 6) is -4.98. The number of hydrogen-bond donors (Lipinski definition) is 2. The van der Waals surface area contributed by atoms with Crippen LogP contribution < -0.4 is 10.6 Å². The molecule has 2 N–H and O–H groups in total. The monoisotopic (exact) mass is 282 g/mol. The van der Waals surface area contributed by atoms with Gasteiger partial charge in [-0.3, -0.25) is 4.79 Å². The Kier molecular flexibility index (Phi) is 6.72. The molecule has 0 saturated heterocycles. The predicted octanol–water partition coefficient (Wildman–Crippen LogP) is 2.32. The number of rotatable bonds is 4. The highest BCUT2D eigenvalue weighted by molar-refractivity contribution is 5.92. The summed E-state index contributed by atoms with van der Waals surface area (Å²) in [4.78, 5) is 11.5. The zero-order chi connectivity index (χ0) is 13.0. The summed E-state index contributed by atoms with van der Waals surface area (Å²) >= 11 is 0. The van der Waals surface area contributed by atoms with Gasteiger partial charge in [0.1, 0.15) is 0 Å². The Bertz CT molecular complexity index is 406. The van der Waals surface area contributed by atoms with Crippen molar-refractivity contribution in [3.8, 4) is 0 Å². The van der Waals surface area contributed by atoms with E-state index in [1.54, 1.807) is 14.0 Å². The van der Waals surface area contributed by atoms with Gasteiger partial charge in [-0.25, -0.2) is 13.2 Å². The molecule has 0 aliphatic rings. The van der Waals surface area contributed by atoms with E-state index in [9.17, 15) is 18.0 Å². The van der Waals surface area contributed by atoms with Crippen molar-refractivity contribution in [2.45, 2.75) is 6.92 Å². The molecule has 0 fully saturated rings. The third kappa shape index (κ3) is 4.19. The summed E-state index contributed by atoms with van der Waals surface area (Å²) < 4.78 is 38.4. The molecule has 1 aromatic rings. The first-order valence-electron chi connectivity index (χ1n) is 5.05. The summed E-state index contributed by atoms with van der Waals surface area (Å²) in [5.41, 5.74) is -0.102. The Morgan fingerprint density at radius 2 is 1.78 bits per heavy atom. The summed E-state index contributed by atoms with van der Waals surface area (Å²) in [6, 6.07) is 1.48. The standard InChI is InChI=1S/C11H13F3N2O.ClH/c1-6(5-15-2)11(17)16-7-3-8(12)10(14)9(13)4-7;/h3-4,6,15H,5H2,1-2H3,(H,16,17);1H. The van der Waals surface area contributed by atoms with Crippen LogP contribution in [0.1, 0.15) is 6.92 Å². The van der Waals surface area contributed by atoms with Crippen LogP contribution in [0.15, 0.2) is 12.1 Å². The van der Waals surface area contributed by atoms with Gasteiger partial charge in [-0.15, -0.1) is 12.4 Å². The minimum Gasteiger partial charge on any atom is -0.326 e. The van der Waals surface area contributed by atoms with Gasteiger partial charge >= 0.3 is 0 Å². The molecule has 0 aromatic heterocycles. The molecular formula is C11H14ClF3N2O. The number of carbonyl (C=O) groups is 1. The van der Waals surface area contributed by atoms with Gasteiger partial charge < -0.3 is 10.6 Å². The Morgan fingerprint density at radius 1 is 1.28 bits per heavy atom. The Hall–Kier alpha value is -1.27. The molecule has 1 rings (SSSR count). The van der Waals surface area contributed by atoms with Crippen LogP contribution in [0.3, 0.4) is 0 Å². The summed E-state index contributed by atoms with van der Waals surface area (Å²) in [6.07, 6.45) is 0. The molecular weight excluding hydrogens is 269 g/mol. The van der Waals surface area contributed by atoms with Crippen LogP contribution in [-0.2, 0) is 4.79 Å². The highest BCUT2D eigenvalue weighted by Gasteiger charge is 2.15. The Morgan fingerprint density at radius 3 is 2.22 bits per heavy atom. The van der Waals surface area contributed by atoms with Crippen molar-refractivity contribution in [1.29, 1.82) is 0 Å². The highest BCUT2D eigenvalue weighted by atomic mass is 35.5. The van der Waals surface area contributed by atoms with Crippen LogP contribution in [0.4, 0.5) is 18.9 Å². The summed E-state index contributed by atoms with van der Waals surface area (Å²) in [6.45, 7) is 2.08. The van der Waals surface area contributed by atoms with Crippen LogP contribution in [0.5, 0.6) is 0 Å². The van der Waals surface area contributed by atoms with Crippen LogP contribution in [0.2, 0.25) is 0 Å². The molecule has 18 heavy (non-hydrogen) atoms. The van der Waals surface area contributed by atoms with Gasteiger partial charge in [0.05, 0.1) is 0 Å². The van der Waals surface area contributed by atoms with E-state index in [2.05, 4.69) is 10.6 Å². The van der Waals surface area contributed by atoms with Gasteiger partial charge in [-0.2, -0.15) is 0 Å². The molecule has 0 spiro atoms. The molecule has 102 valence electrons. The zero-order valence-corrected chi connectivity index (χ0v) is 10.7. The molecule has 0 saturated carbocycles. The fourth-order valence-corrected chi connectivity index (χ4v) is 1.29. The predicted molar refractivity (Wildman–Crippen MR) is 65.3 cm³/mol. The molecule has 7 heteroatoms. The minimum absolute atomic E-state index is 0. The second kappa shape index (κ2) is 7.23. The van der Waals surface area contributed by atoms with E-state index in [0.29, 0.717) is 6.54 Å². The lowest BCUT2D eigenvalue weighted by molar-refractivity contribution is -0.119. The lowest BCUT2D eigenvalue weighted by Crippen LogP contribution is -2.28. The molecule has 0 heterocycles. The topological polar surface area (TPSA) is 41.1 Å². The molecule has 1 aromatic carbocycles. The lowest BCUT2D eigenvalue weighted by Gasteiger charge is -2.11. The molecule has 0 aliphatic heterocycles. The average Bonchev–Trinajstić information content (AvgIpc) is 2.26. The Labute approximate surface area is 109 Å². The number of amides is 1. The smallest absolute Gasteiger partial charge is 0.228 e. The van der Waals surface area contributed by atoms with Crippen LogP contribution in [0.25, 0.3) is 0 Å². The molecule has 0 bridgehead atoms. The number of benzene rings is 1. The van der Waals surface area contributed by atoms with Gasteiger partial charge in [0.15, 0.2) is 17.5 Å². The summed E-state index contributed by atoms with van der Waals surface area (Å²) in [5, 5.41) is 5.11. The van der Waals surface area contributed by atoms with Gasteiger partial charge in [0.2, 0.25) is 5.91 Å². The Balaban J connectivity index is 0.00000289. The summed E-state index contributed by atoms with van der Waals surface area (Å²) in [7, 11) is 1.68. The van der Waals surface area contributed by atoms with Crippen LogP contribution in [0, 0.1) is 23.4 Å². The lowest BCUT2D eigenvalue weighted by atomic mass is 10.1. The maximum atomic E-state index is 12.9.